The fourth-order valence-corrected chi connectivity index (χ4v) is 2.66. The van der Waals surface area contributed by atoms with Gasteiger partial charge in [0.25, 0.3) is 0 Å². The quantitative estimate of drug-likeness (QED) is 0.853. The van der Waals surface area contributed by atoms with Gasteiger partial charge in [-0.3, -0.25) is 4.79 Å². The van der Waals surface area contributed by atoms with Crippen LogP contribution in [0.2, 0.25) is 0 Å². The van der Waals surface area contributed by atoms with Gasteiger partial charge in [-0.2, -0.15) is 0 Å². The molecule has 1 aliphatic rings. The summed E-state index contributed by atoms with van der Waals surface area (Å²) in [4.78, 5) is 11.8. The molecule has 1 amide bonds. The molecule has 0 saturated heterocycles. The smallest absolute Gasteiger partial charge is 0.220 e. The standard InChI is InChI=1S/C16H24N2O/c1-12-5-7-13(8-6-12)3-2-4-16(19)18-15-10-9-14(17)11-15/h5-8,14-15H,2-4,9-11,17H2,1H3,(H,18,19). The maximum absolute atomic E-state index is 11.8. The second-order valence-electron chi connectivity index (χ2n) is 5.68. The second-order valence-corrected chi connectivity index (χ2v) is 5.68. The second kappa shape index (κ2) is 6.71. The molecule has 1 aromatic rings. The Balaban J connectivity index is 1.65. The van der Waals surface area contributed by atoms with Gasteiger partial charge in [-0.15, -0.1) is 0 Å². The largest absolute Gasteiger partial charge is 0.353 e. The predicted molar refractivity (Wildman–Crippen MR) is 77.9 cm³/mol. The van der Waals surface area contributed by atoms with Gasteiger partial charge in [0.1, 0.15) is 0 Å². The number of hydrogen-bond donors (Lipinski definition) is 2. The van der Waals surface area contributed by atoms with Gasteiger partial charge < -0.3 is 11.1 Å². The molecule has 1 saturated carbocycles. The lowest BCUT2D eigenvalue weighted by atomic mass is 10.1. The van der Waals surface area contributed by atoms with Gasteiger partial charge in [-0.05, 0) is 44.6 Å². The number of carbonyl (C=O) groups is 1. The third-order valence-electron chi connectivity index (χ3n) is 3.83. The van der Waals surface area contributed by atoms with Crippen molar-refractivity contribution >= 4 is 5.91 Å². The summed E-state index contributed by atoms with van der Waals surface area (Å²) < 4.78 is 0. The number of carbonyl (C=O) groups excluding carboxylic acids is 1. The van der Waals surface area contributed by atoms with E-state index in [0.29, 0.717) is 12.5 Å². The molecule has 2 rings (SSSR count). The zero-order valence-corrected chi connectivity index (χ0v) is 11.7. The molecule has 1 aliphatic carbocycles. The first kappa shape index (κ1) is 14.1. The van der Waals surface area contributed by atoms with Crippen LogP contribution in [0.1, 0.15) is 43.2 Å². The molecular formula is C16H24N2O. The van der Waals surface area contributed by atoms with Crippen LogP contribution >= 0.6 is 0 Å². The van der Waals surface area contributed by atoms with E-state index in [0.717, 1.165) is 32.1 Å². The lowest BCUT2D eigenvalue weighted by Crippen LogP contribution is -2.33. The highest BCUT2D eigenvalue weighted by molar-refractivity contribution is 5.76. The molecule has 0 spiro atoms. The van der Waals surface area contributed by atoms with E-state index >= 15 is 0 Å². The summed E-state index contributed by atoms with van der Waals surface area (Å²) in [5.41, 5.74) is 8.42. The average Bonchev–Trinajstić information content (AvgIpc) is 2.77. The summed E-state index contributed by atoms with van der Waals surface area (Å²) in [6, 6.07) is 9.11. The molecule has 2 unspecified atom stereocenters. The van der Waals surface area contributed by atoms with Crippen molar-refractivity contribution < 1.29 is 4.79 Å². The zero-order valence-electron chi connectivity index (χ0n) is 11.7. The van der Waals surface area contributed by atoms with E-state index in [9.17, 15) is 4.79 Å². The van der Waals surface area contributed by atoms with Crippen LogP contribution in [0.4, 0.5) is 0 Å². The van der Waals surface area contributed by atoms with Crippen LogP contribution in [0.15, 0.2) is 24.3 Å². The Morgan fingerprint density at radius 1 is 1.32 bits per heavy atom. The Labute approximate surface area is 115 Å². The van der Waals surface area contributed by atoms with Crippen LogP contribution in [0, 0.1) is 6.92 Å². The number of aryl methyl sites for hydroxylation is 2. The average molecular weight is 260 g/mol. The molecule has 0 bridgehead atoms. The molecule has 19 heavy (non-hydrogen) atoms. The molecule has 0 heterocycles. The van der Waals surface area contributed by atoms with E-state index in [-0.39, 0.29) is 11.9 Å². The summed E-state index contributed by atoms with van der Waals surface area (Å²) in [6.45, 7) is 2.09. The molecule has 3 nitrogen and oxygen atoms in total. The summed E-state index contributed by atoms with van der Waals surface area (Å²) >= 11 is 0. The number of amides is 1. The van der Waals surface area contributed by atoms with E-state index in [2.05, 4.69) is 36.5 Å². The van der Waals surface area contributed by atoms with Crippen LogP contribution in [0.25, 0.3) is 0 Å². The van der Waals surface area contributed by atoms with Gasteiger partial charge >= 0.3 is 0 Å². The van der Waals surface area contributed by atoms with Crippen molar-refractivity contribution in [1.29, 1.82) is 0 Å². The highest BCUT2D eigenvalue weighted by atomic mass is 16.1. The molecular weight excluding hydrogens is 236 g/mol. The van der Waals surface area contributed by atoms with Crippen molar-refractivity contribution in [2.45, 2.75) is 57.5 Å². The Morgan fingerprint density at radius 3 is 2.68 bits per heavy atom. The van der Waals surface area contributed by atoms with Crippen molar-refractivity contribution in [1.82, 2.24) is 5.32 Å². The summed E-state index contributed by atoms with van der Waals surface area (Å²) in [5.74, 6) is 0.172. The third-order valence-corrected chi connectivity index (χ3v) is 3.83. The first-order chi connectivity index (χ1) is 9.13. The van der Waals surface area contributed by atoms with Crippen molar-refractivity contribution in [3.63, 3.8) is 0 Å². The zero-order chi connectivity index (χ0) is 13.7. The lowest BCUT2D eigenvalue weighted by molar-refractivity contribution is -0.121. The Kier molecular flexibility index (Phi) is 4.97. The molecule has 3 heteroatoms. The van der Waals surface area contributed by atoms with Gasteiger partial charge in [0.15, 0.2) is 0 Å². The molecule has 2 atom stereocenters. The summed E-state index contributed by atoms with van der Waals surface area (Å²) in [6.07, 6.45) is 5.49. The fraction of sp³-hybridized carbons (Fsp3) is 0.562. The van der Waals surface area contributed by atoms with E-state index in [4.69, 9.17) is 5.73 Å². The van der Waals surface area contributed by atoms with Crippen LogP contribution in [0.5, 0.6) is 0 Å². The molecule has 3 N–H and O–H groups in total. The van der Waals surface area contributed by atoms with E-state index < -0.39 is 0 Å². The Hall–Kier alpha value is -1.35. The highest BCUT2D eigenvalue weighted by Crippen LogP contribution is 2.17. The van der Waals surface area contributed by atoms with Crippen molar-refractivity contribution in [2.24, 2.45) is 5.73 Å². The highest BCUT2D eigenvalue weighted by Gasteiger charge is 2.22. The summed E-state index contributed by atoms with van der Waals surface area (Å²) in [7, 11) is 0. The normalized spacial score (nSPS) is 22.4. The van der Waals surface area contributed by atoms with E-state index in [1.807, 2.05) is 0 Å². The van der Waals surface area contributed by atoms with Crippen LogP contribution in [0.3, 0.4) is 0 Å². The van der Waals surface area contributed by atoms with Crippen molar-refractivity contribution in [3.05, 3.63) is 35.4 Å². The van der Waals surface area contributed by atoms with Gasteiger partial charge in [0, 0.05) is 18.5 Å². The maximum atomic E-state index is 11.8. The first-order valence-corrected chi connectivity index (χ1v) is 7.24. The van der Waals surface area contributed by atoms with Crippen LogP contribution in [-0.4, -0.2) is 18.0 Å². The molecule has 0 aliphatic heterocycles. The van der Waals surface area contributed by atoms with Gasteiger partial charge in [0.2, 0.25) is 5.91 Å². The molecule has 0 aromatic heterocycles. The minimum Gasteiger partial charge on any atom is -0.353 e. The SMILES string of the molecule is Cc1ccc(CCCC(=O)NC2CCC(N)C2)cc1. The minimum absolute atomic E-state index is 0.172. The van der Waals surface area contributed by atoms with E-state index in [1.54, 1.807) is 0 Å². The Morgan fingerprint density at radius 2 is 2.05 bits per heavy atom. The van der Waals surface area contributed by atoms with Crippen LogP contribution < -0.4 is 11.1 Å². The first-order valence-electron chi connectivity index (χ1n) is 7.24. The third kappa shape index (κ3) is 4.67. The molecule has 1 aromatic carbocycles. The number of nitrogens with two attached hydrogens (primary N) is 1. The Bertz CT molecular complexity index is 413. The van der Waals surface area contributed by atoms with Gasteiger partial charge in [0.05, 0.1) is 0 Å². The molecule has 104 valence electrons. The van der Waals surface area contributed by atoms with Crippen molar-refractivity contribution in [3.8, 4) is 0 Å². The number of nitrogens with one attached hydrogen (secondary N) is 1. The molecule has 1 fully saturated rings. The minimum atomic E-state index is 0.172. The maximum Gasteiger partial charge on any atom is 0.220 e. The fourth-order valence-electron chi connectivity index (χ4n) is 2.66. The number of hydrogen-bond acceptors (Lipinski definition) is 2. The monoisotopic (exact) mass is 260 g/mol. The number of benzene rings is 1. The van der Waals surface area contributed by atoms with Crippen LogP contribution in [-0.2, 0) is 11.2 Å². The number of rotatable bonds is 5. The topological polar surface area (TPSA) is 55.1 Å². The molecule has 0 radical (unpaired) electrons. The predicted octanol–water partition coefficient (Wildman–Crippen LogP) is 2.31. The van der Waals surface area contributed by atoms with Crippen molar-refractivity contribution in [2.75, 3.05) is 0 Å². The van der Waals surface area contributed by atoms with Gasteiger partial charge in [-0.25, -0.2) is 0 Å². The lowest BCUT2D eigenvalue weighted by Gasteiger charge is -2.12. The van der Waals surface area contributed by atoms with E-state index in [1.165, 1.54) is 11.1 Å². The summed E-state index contributed by atoms with van der Waals surface area (Å²) in [5, 5.41) is 3.09. The van der Waals surface area contributed by atoms with Gasteiger partial charge in [-0.1, -0.05) is 29.8 Å².